The van der Waals surface area contributed by atoms with Gasteiger partial charge in [0, 0.05) is 12.3 Å². The van der Waals surface area contributed by atoms with Gasteiger partial charge in [-0.05, 0) is 39.5 Å². The molecule has 78 valence electrons. The van der Waals surface area contributed by atoms with E-state index in [4.69, 9.17) is 0 Å². The van der Waals surface area contributed by atoms with Crippen LogP contribution in [-0.2, 0) is 4.79 Å². The predicted octanol–water partition coefficient (Wildman–Crippen LogP) is 3.66. The highest BCUT2D eigenvalue weighted by Crippen LogP contribution is 2.19. The van der Waals surface area contributed by atoms with Gasteiger partial charge in [-0.25, -0.2) is 0 Å². The van der Waals surface area contributed by atoms with E-state index in [2.05, 4.69) is 32.1 Å². The van der Waals surface area contributed by atoms with Crippen LogP contribution in [-0.4, -0.2) is 5.78 Å². The molecule has 0 amide bonds. The number of rotatable bonds is 4. The van der Waals surface area contributed by atoms with Crippen molar-refractivity contribution in [1.29, 1.82) is 0 Å². The fourth-order valence-electron chi connectivity index (χ4n) is 1.77. The summed E-state index contributed by atoms with van der Waals surface area (Å²) in [5.41, 5.74) is 1.30. The summed E-state index contributed by atoms with van der Waals surface area (Å²) >= 11 is 0. The summed E-state index contributed by atoms with van der Waals surface area (Å²) < 4.78 is 0. The lowest BCUT2D eigenvalue weighted by Crippen LogP contribution is -2.13. The molecule has 0 bridgehead atoms. The Labute approximate surface area is 86.9 Å². The Morgan fingerprint density at radius 1 is 1.50 bits per heavy atom. The van der Waals surface area contributed by atoms with Crippen molar-refractivity contribution in [2.24, 2.45) is 5.92 Å². The Bertz CT molecular complexity index is 244. The molecule has 0 N–H and O–H groups in total. The van der Waals surface area contributed by atoms with Crippen LogP contribution in [0.2, 0.25) is 0 Å². The Kier molecular flexibility index (Phi) is 4.64. The summed E-state index contributed by atoms with van der Waals surface area (Å²) in [6, 6.07) is 0. The maximum atomic E-state index is 11.7. The first-order valence-corrected chi connectivity index (χ1v) is 5.53. The van der Waals surface area contributed by atoms with Gasteiger partial charge in [0.15, 0.2) is 0 Å². The van der Waals surface area contributed by atoms with Crippen molar-refractivity contribution >= 4 is 5.78 Å². The first kappa shape index (κ1) is 11.2. The summed E-state index contributed by atoms with van der Waals surface area (Å²) in [5.74, 6) is 0.632. The third-order valence-corrected chi connectivity index (χ3v) is 2.61. The predicted molar refractivity (Wildman–Crippen MR) is 60.2 cm³/mol. The van der Waals surface area contributed by atoms with Crippen molar-refractivity contribution in [2.45, 2.75) is 46.0 Å². The highest BCUT2D eigenvalue weighted by molar-refractivity contribution is 5.82. The number of hydrogen-bond donors (Lipinski definition) is 0. The Morgan fingerprint density at radius 2 is 2.29 bits per heavy atom. The van der Waals surface area contributed by atoms with Crippen LogP contribution in [0.3, 0.4) is 0 Å². The molecule has 0 spiro atoms. The van der Waals surface area contributed by atoms with Crippen LogP contribution < -0.4 is 0 Å². The molecule has 1 unspecified atom stereocenters. The molecule has 1 atom stereocenters. The number of allylic oxidation sites excluding steroid dienone is 4. The lowest BCUT2D eigenvalue weighted by molar-refractivity contribution is -0.121. The van der Waals surface area contributed by atoms with Gasteiger partial charge in [-0.1, -0.05) is 23.8 Å². The average molecular weight is 192 g/mol. The standard InChI is InChI=1S/C13H20O/c1-11(2)7-6-10-13(14)12-8-4-3-5-9-12/h4,7-8,12H,3,5-6,9-10H2,1-2H3. The van der Waals surface area contributed by atoms with Crippen molar-refractivity contribution < 1.29 is 4.79 Å². The largest absolute Gasteiger partial charge is 0.299 e. The molecule has 0 radical (unpaired) electrons. The van der Waals surface area contributed by atoms with E-state index in [0.717, 1.165) is 19.3 Å². The lowest BCUT2D eigenvalue weighted by atomic mass is 9.90. The van der Waals surface area contributed by atoms with E-state index < -0.39 is 0 Å². The molecule has 0 aliphatic heterocycles. The van der Waals surface area contributed by atoms with Crippen LogP contribution in [0.1, 0.15) is 46.0 Å². The van der Waals surface area contributed by atoms with Gasteiger partial charge >= 0.3 is 0 Å². The first-order valence-electron chi connectivity index (χ1n) is 5.53. The number of carbonyl (C=O) groups is 1. The van der Waals surface area contributed by atoms with E-state index in [1.807, 2.05) is 0 Å². The van der Waals surface area contributed by atoms with Crippen molar-refractivity contribution in [1.82, 2.24) is 0 Å². The quantitative estimate of drug-likeness (QED) is 0.621. The van der Waals surface area contributed by atoms with Crippen molar-refractivity contribution in [3.05, 3.63) is 23.8 Å². The lowest BCUT2D eigenvalue weighted by Gasteiger charge is -2.14. The fraction of sp³-hybridized carbons (Fsp3) is 0.615. The van der Waals surface area contributed by atoms with Gasteiger partial charge in [-0.2, -0.15) is 0 Å². The van der Waals surface area contributed by atoms with Crippen LogP contribution in [0.15, 0.2) is 23.8 Å². The van der Waals surface area contributed by atoms with Gasteiger partial charge in [0.05, 0.1) is 0 Å². The fourth-order valence-corrected chi connectivity index (χ4v) is 1.77. The Morgan fingerprint density at radius 3 is 2.86 bits per heavy atom. The van der Waals surface area contributed by atoms with Gasteiger partial charge in [-0.15, -0.1) is 0 Å². The maximum Gasteiger partial charge on any atom is 0.140 e. The second kappa shape index (κ2) is 5.79. The second-order valence-electron chi connectivity index (χ2n) is 4.25. The molecule has 0 aromatic heterocycles. The molecule has 0 heterocycles. The SMILES string of the molecule is CC(C)=CCCC(=O)C1C=CCCC1. The molecular formula is C13H20O. The first-order chi connectivity index (χ1) is 6.70. The summed E-state index contributed by atoms with van der Waals surface area (Å²) in [6.07, 6.45) is 11.4. The Balaban J connectivity index is 2.30. The molecule has 0 saturated heterocycles. The zero-order valence-electron chi connectivity index (χ0n) is 9.25. The summed E-state index contributed by atoms with van der Waals surface area (Å²) in [5, 5.41) is 0. The molecule has 0 fully saturated rings. The molecule has 14 heavy (non-hydrogen) atoms. The van der Waals surface area contributed by atoms with E-state index in [1.54, 1.807) is 0 Å². The van der Waals surface area contributed by atoms with Gasteiger partial charge in [0.1, 0.15) is 5.78 Å². The highest BCUT2D eigenvalue weighted by atomic mass is 16.1. The molecule has 1 rings (SSSR count). The second-order valence-corrected chi connectivity index (χ2v) is 4.25. The zero-order chi connectivity index (χ0) is 10.4. The van der Waals surface area contributed by atoms with Crippen molar-refractivity contribution in [2.75, 3.05) is 0 Å². The topological polar surface area (TPSA) is 17.1 Å². The third kappa shape index (κ3) is 3.91. The smallest absolute Gasteiger partial charge is 0.140 e. The van der Waals surface area contributed by atoms with E-state index >= 15 is 0 Å². The molecule has 0 saturated carbocycles. The van der Waals surface area contributed by atoms with Gasteiger partial charge in [0.25, 0.3) is 0 Å². The number of ketones is 1. The van der Waals surface area contributed by atoms with E-state index in [-0.39, 0.29) is 5.92 Å². The Hall–Kier alpha value is -0.850. The molecule has 1 nitrogen and oxygen atoms in total. The number of hydrogen-bond acceptors (Lipinski definition) is 1. The summed E-state index contributed by atoms with van der Waals surface area (Å²) in [7, 11) is 0. The average Bonchev–Trinajstić information content (AvgIpc) is 2.18. The molecule has 1 aliphatic carbocycles. The third-order valence-electron chi connectivity index (χ3n) is 2.61. The van der Waals surface area contributed by atoms with Crippen LogP contribution in [0, 0.1) is 5.92 Å². The molecule has 0 aromatic rings. The highest BCUT2D eigenvalue weighted by Gasteiger charge is 2.15. The number of carbonyl (C=O) groups excluding carboxylic acids is 1. The number of Topliss-reactive ketones (excluding diaryl/α,β-unsaturated/α-hetero) is 1. The van der Waals surface area contributed by atoms with Crippen LogP contribution in [0.4, 0.5) is 0 Å². The van der Waals surface area contributed by atoms with Crippen LogP contribution in [0.25, 0.3) is 0 Å². The molecule has 1 aliphatic rings. The van der Waals surface area contributed by atoms with Crippen molar-refractivity contribution in [3.63, 3.8) is 0 Å². The van der Waals surface area contributed by atoms with E-state index in [1.165, 1.54) is 12.0 Å². The van der Waals surface area contributed by atoms with Crippen LogP contribution in [0.5, 0.6) is 0 Å². The van der Waals surface area contributed by atoms with Gasteiger partial charge in [-0.3, -0.25) is 4.79 Å². The van der Waals surface area contributed by atoms with E-state index in [0.29, 0.717) is 12.2 Å². The minimum Gasteiger partial charge on any atom is -0.299 e. The minimum atomic E-state index is 0.217. The summed E-state index contributed by atoms with van der Waals surface area (Å²) in [6.45, 7) is 4.15. The maximum absolute atomic E-state index is 11.7. The van der Waals surface area contributed by atoms with Crippen molar-refractivity contribution in [3.8, 4) is 0 Å². The molecule has 1 heteroatoms. The minimum absolute atomic E-state index is 0.217. The monoisotopic (exact) mass is 192 g/mol. The van der Waals surface area contributed by atoms with Crippen LogP contribution >= 0.6 is 0 Å². The van der Waals surface area contributed by atoms with E-state index in [9.17, 15) is 4.79 Å². The summed E-state index contributed by atoms with van der Waals surface area (Å²) in [4.78, 5) is 11.7. The molecule has 0 aromatic carbocycles. The zero-order valence-corrected chi connectivity index (χ0v) is 9.25. The normalized spacial score (nSPS) is 20.6. The van der Waals surface area contributed by atoms with Gasteiger partial charge in [0.2, 0.25) is 0 Å². The molecular weight excluding hydrogens is 172 g/mol. The van der Waals surface area contributed by atoms with Gasteiger partial charge < -0.3 is 0 Å².